The Bertz CT molecular complexity index is 532. The molecule has 0 saturated heterocycles. The predicted molar refractivity (Wildman–Crippen MR) is 73.7 cm³/mol. The number of carbonyl (C=O) groups is 1. The van der Waals surface area contributed by atoms with Crippen molar-refractivity contribution in [1.82, 2.24) is 0 Å². The van der Waals surface area contributed by atoms with Crippen molar-refractivity contribution in [2.45, 2.75) is 25.7 Å². The summed E-state index contributed by atoms with van der Waals surface area (Å²) in [5.74, 6) is 0. The molecule has 0 unspecified atom stereocenters. The molecule has 0 bridgehead atoms. The van der Waals surface area contributed by atoms with Crippen LogP contribution >= 0.6 is 0 Å². The number of carbonyl (C=O) groups excluding carboxylic acids is 1. The van der Waals surface area contributed by atoms with E-state index < -0.39 is 0 Å². The summed E-state index contributed by atoms with van der Waals surface area (Å²) in [5, 5.41) is 11.2. The number of aryl methyl sites for hydroxylation is 1. The van der Waals surface area contributed by atoms with E-state index in [4.69, 9.17) is 5.11 Å². The van der Waals surface area contributed by atoms with E-state index in [1.54, 1.807) is 0 Å². The normalized spacial score (nSPS) is 10.7. The van der Waals surface area contributed by atoms with Gasteiger partial charge in [-0.25, -0.2) is 0 Å². The monoisotopic (exact) mass is 242 g/mol. The van der Waals surface area contributed by atoms with Gasteiger partial charge in [-0.2, -0.15) is 0 Å². The van der Waals surface area contributed by atoms with Gasteiger partial charge in [0.25, 0.3) is 0 Å². The van der Waals surface area contributed by atoms with E-state index in [1.807, 2.05) is 18.2 Å². The minimum absolute atomic E-state index is 0.251. The Morgan fingerprint density at radius 2 is 1.61 bits per heavy atom. The molecule has 0 aliphatic heterocycles. The zero-order valence-electron chi connectivity index (χ0n) is 10.4. The van der Waals surface area contributed by atoms with Crippen LogP contribution < -0.4 is 0 Å². The highest BCUT2D eigenvalue weighted by molar-refractivity contribution is 5.90. The van der Waals surface area contributed by atoms with Crippen molar-refractivity contribution in [3.63, 3.8) is 0 Å². The van der Waals surface area contributed by atoms with Crippen LogP contribution in [0.2, 0.25) is 0 Å². The summed E-state index contributed by atoms with van der Waals surface area (Å²) in [6, 6.07) is 12.4. The SMILES string of the molecule is O=CCc1ccc(CCCCO)c2ccccc12. The van der Waals surface area contributed by atoms with Gasteiger partial charge in [0.1, 0.15) is 6.29 Å². The fraction of sp³-hybridized carbons (Fsp3) is 0.312. The molecule has 2 aromatic carbocycles. The first-order chi connectivity index (χ1) is 8.86. The highest BCUT2D eigenvalue weighted by Crippen LogP contribution is 2.24. The van der Waals surface area contributed by atoms with Crippen LogP contribution in [0.25, 0.3) is 10.8 Å². The standard InChI is InChI=1S/C16H18O2/c17-11-4-3-5-13-8-9-14(10-12-18)16-7-2-1-6-15(13)16/h1-2,6-9,12,17H,3-5,10-11H2. The average Bonchev–Trinajstić information content (AvgIpc) is 2.41. The van der Waals surface area contributed by atoms with Crippen LogP contribution in [0.1, 0.15) is 24.0 Å². The number of aldehydes is 1. The van der Waals surface area contributed by atoms with Gasteiger partial charge >= 0.3 is 0 Å². The van der Waals surface area contributed by atoms with Crippen LogP contribution in [0, 0.1) is 0 Å². The molecular formula is C16H18O2. The van der Waals surface area contributed by atoms with E-state index >= 15 is 0 Å². The molecule has 0 saturated carbocycles. The van der Waals surface area contributed by atoms with Gasteiger partial charge in [0.2, 0.25) is 0 Å². The zero-order chi connectivity index (χ0) is 12.8. The number of hydrogen-bond acceptors (Lipinski definition) is 2. The molecule has 0 radical (unpaired) electrons. The van der Waals surface area contributed by atoms with Gasteiger partial charge in [0.05, 0.1) is 0 Å². The van der Waals surface area contributed by atoms with Crippen LogP contribution in [0.5, 0.6) is 0 Å². The number of aliphatic hydroxyl groups is 1. The molecular weight excluding hydrogens is 224 g/mol. The predicted octanol–water partition coefficient (Wildman–Crippen LogP) is 2.90. The van der Waals surface area contributed by atoms with Gasteiger partial charge in [0.15, 0.2) is 0 Å². The highest BCUT2D eigenvalue weighted by Gasteiger charge is 2.05. The van der Waals surface area contributed by atoms with E-state index in [-0.39, 0.29) is 6.61 Å². The Labute approximate surface area is 107 Å². The van der Waals surface area contributed by atoms with Crippen LogP contribution in [-0.4, -0.2) is 18.0 Å². The van der Waals surface area contributed by atoms with Crippen LogP contribution in [-0.2, 0) is 17.6 Å². The molecule has 0 spiro atoms. The van der Waals surface area contributed by atoms with Crippen molar-refractivity contribution in [3.8, 4) is 0 Å². The lowest BCUT2D eigenvalue weighted by Crippen LogP contribution is -1.94. The van der Waals surface area contributed by atoms with Crippen molar-refractivity contribution in [2.75, 3.05) is 6.61 Å². The van der Waals surface area contributed by atoms with E-state index in [0.717, 1.165) is 31.1 Å². The molecule has 0 aliphatic carbocycles. The second kappa shape index (κ2) is 6.31. The van der Waals surface area contributed by atoms with Gasteiger partial charge < -0.3 is 9.90 Å². The molecule has 0 aromatic heterocycles. The number of rotatable bonds is 6. The summed E-state index contributed by atoms with van der Waals surface area (Å²) in [7, 11) is 0. The van der Waals surface area contributed by atoms with E-state index in [0.29, 0.717) is 6.42 Å². The van der Waals surface area contributed by atoms with Crippen molar-refractivity contribution in [3.05, 3.63) is 47.5 Å². The molecule has 2 aromatic rings. The number of benzene rings is 2. The van der Waals surface area contributed by atoms with Crippen LogP contribution in [0.15, 0.2) is 36.4 Å². The molecule has 0 heterocycles. The first-order valence-electron chi connectivity index (χ1n) is 6.41. The Morgan fingerprint density at radius 1 is 0.944 bits per heavy atom. The molecule has 2 nitrogen and oxygen atoms in total. The van der Waals surface area contributed by atoms with Gasteiger partial charge in [0, 0.05) is 13.0 Å². The van der Waals surface area contributed by atoms with E-state index in [1.165, 1.54) is 16.3 Å². The van der Waals surface area contributed by atoms with Gasteiger partial charge in [-0.1, -0.05) is 36.4 Å². The number of aliphatic hydroxyl groups excluding tert-OH is 1. The molecule has 1 N–H and O–H groups in total. The molecule has 0 amide bonds. The third kappa shape index (κ3) is 2.77. The first-order valence-corrected chi connectivity index (χ1v) is 6.41. The minimum Gasteiger partial charge on any atom is -0.396 e. The largest absolute Gasteiger partial charge is 0.396 e. The Balaban J connectivity index is 2.37. The van der Waals surface area contributed by atoms with Crippen molar-refractivity contribution >= 4 is 17.1 Å². The summed E-state index contributed by atoms with van der Waals surface area (Å²) in [6.07, 6.45) is 4.23. The molecule has 18 heavy (non-hydrogen) atoms. The van der Waals surface area contributed by atoms with Crippen molar-refractivity contribution in [1.29, 1.82) is 0 Å². The molecule has 0 fully saturated rings. The lowest BCUT2D eigenvalue weighted by molar-refractivity contribution is -0.107. The number of hydrogen-bond donors (Lipinski definition) is 1. The summed E-state index contributed by atoms with van der Waals surface area (Å²) in [5.41, 5.74) is 2.39. The molecule has 0 aliphatic rings. The third-order valence-corrected chi connectivity index (χ3v) is 3.26. The minimum atomic E-state index is 0.251. The van der Waals surface area contributed by atoms with Gasteiger partial charge in [-0.3, -0.25) is 0 Å². The lowest BCUT2D eigenvalue weighted by Gasteiger charge is -2.09. The Morgan fingerprint density at radius 3 is 2.28 bits per heavy atom. The highest BCUT2D eigenvalue weighted by atomic mass is 16.2. The van der Waals surface area contributed by atoms with Crippen molar-refractivity contribution in [2.24, 2.45) is 0 Å². The number of fused-ring (bicyclic) bond motifs is 1. The smallest absolute Gasteiger partial charge is 0.124 e. The van der Waals surface area contributed by atoms with Gasteiger partial charge in [-0.05, 0) is 41.2 Å². The molecule has 2 rings (SSSR count). The average molecular weight is 242 g/mol. The maximum atomic E-state index is 10.7. The molecule has 94 valence electrons. The second-order valence-corrected chi connectivity index (χ2v) is 4.48. The van der Waals surface area contributed by atoms with E-state index in [2.05, 4.69) is 18.2 Å². The maximum Gasteiger partial charge on any atom is 0.124 e. The zero-order valence-corrected chi connectivity index (χ0v) is 10.4. The lowest BCUT2D eigenvalue weighted by atomic mass is 9.95. The van der Waals surface area contributed by atoms with Crippen LogP contribution in [0.4, 0.5) is 0 Å². The van der Waals surface area contributed by atoms with Gasteiger partial charge in [-0.15, -0.1) is 0 Å². The summed E-state index contributed by atoms with van der Waals surface area (Å²) in [6.45, 7) is 0.251. The Kier molecular flexibility index (Phi) is 4.48. The molecule has 2 heteroatoms. The van der Waals surface area contributed by atoms with Crippen molar-refractivity contribution < 1.29 is 9.90 Å². The summed E-state index contributed by atoms with van der Waals surface area (Å²) < 4.78 is 0. The fourth-order valence-electron chi connectivity index (χ4n) is 2.34. The third-order valence-electron chi connectivity index (χ3n) is 3.26. The first kappa shape index (κ1) is 12.8. The van der Waals surface area contributed by atoms with Crippen LogP contribution in [0.3, 0.4) is 0 Å². The Hall–Kier alpha value is -1.67. The summed E-state index contributed by atoms with van der Waals surface area (Å²) >= 11 is 0. The number of unbranched alkanes of at least 4 members (excludes halogenated alkanes) is 1. The quantitative estimate of drug-likeness (QED) is 0.624. The second-order valence-electron chi connectivity index (χ2n) is 4.48. The fourth-order valence-corrected chi connectivity index (χ4v) is 2.34. The molecule has 0 atom stereocenters. The van der Waals surface area contributed by atoms with E-state index in [9.17, 15) is 4.79 Å². The topological polar surface area (TPSA) is 37.3 Å². The maximum absolute atomic E-state index is 10.7. The summed E-state index contributed by atoms with van der Waals surface area (Å²) in [4.78, 5) is 10.7.